The quantitative estimate of drug-likeness (QED) is 0.450. The van der Waals surface area contributed by atoms with Gasteiger partial charge in [-0.3, -0.25) is 0 Å². The number of aryl methyl sites for hydroxylation is 4. The zero-order valence-electron chi connectivity index (χ0n) is 17.0. The van der Waals surface area contributed by atoms with Gasteiger partial charge in [0, 0.05) is 16.0 Å². The van der Waals surface area contributed by atoms with E-state index >= 15 is 0 Å². The van der Waals surface area contributed by atoms with Gasteiger partial charge in [0.05, 0.1) is 0 Å². The molecule has 5 rings (SSSR count). The molecule has 2 aliphatic rings. The molecule has 0 saturated heterocycles. The van der Waals surface area contributed by atoms with Gasteiger partial charge < -0.3 is 0 Å². The van der Waals surface area contributed by atoms with Crippen LogP contribution in [0.4, 0.5) is 0 Å². The topological polar surface area (TPSA) is 12.9 Å². The minimum atomic E-state index is 0.355. The van der Waals surface area contributed by atoms with Crippen LogP contribution < -0.4 is 0 Å². The van der Waals surface area contributed by atoms with Crippen LogP contribution in [0.5, 0.6) is 0 Å². The Morgan fingerprint density at radius 2 is 1.78 bits per heavy atom. The summed E-state index contributed by atoms with van der Waals surface area (Å²) in [4.78, 5) is 8.11. The number of aromatic nitrogens is 1. The highest BCUT2D eigenvalue weighted by Crippen LogP contribution is 2.47. The Bertz CT molecular complexity index is 1020. The Morgan fingerprint density at radius 1 is 1.00 bits per heavy atom. The molecular formula is C25H29NS. The first-order chi connectivity index (χ1) is 12.9. The first-order valence-electron chi connectivity index (χ1n) is 10.4. The number of benzene rings is 1. The molecule has 0 aliphatic heterocycles. The van der Waals surface area contributed by atoms with Crippen molar-refractivity contribution in [3.05, 3.63) is 51.5 Å². The minimum absolute atomic E-state index is 0.355. The zero-order chi connectivity index (χ0) is 18.8. The summed E-state index contributed by atoms with van der Waals surface area (Å²) in [5, 5.41) is 1.49. The Labute approximate surface area is 166 Å². The maximum atomic E-state index is 5.22. The van der Waals surface area contributed by atoms with Crippen molar-refractivity contribution in [1.82, 2.24) is 4.98 Å². The summed E-state index contributed by atoms with van der Waals surface area (Å²) in [5.74, 6) is 0.736. The van der Waals surface area contributed by atoms with Crippen molar-refractivity contribution in [2.75, 3.05) is 0 Å². The molecule has 2 heteroatoms. The van der Waals surface area contributed by atoms with E-state index in [1.807, 2.05) is 11.3 Å². The molecule has 1 nitrogen and oxygen atoms in total. The highest BCUT2D eigenvalue weighted by Gasteiger charge is 2.33. The summed E-state index contributed by atoms with van der Waals surface area (Å²) in [6.45, 7) is 9.40. The van der Waals surface area contributed by atoms with Crippen LogP contribution in [0.2, 0.25) is 0 Å². The van der Waals surface area contributed by atoms with E-state index in [-0.39, 0.29) is 0 Å². The second-order valence-electron chi connectivity index (χ2n) is 9.62. The van der Waals surface area contributed by atoms with E-state index < -0.39 is 0 Å². The Balaban J connectivity index is 1.79. The molecular weight excluding hydrogens is 346 g/mol. The second-order valence-corrected chi connectivity index (χ2v) is 10.7. The molecule has 3 aromatic rings. The predicted molar refractivity (Wildman–Crippen MR) is 117 cm³/mol. The van der Waals surface area contributed by atoms with E-state index in [2.05, 4.69) is 52.0 Å². The Hall–Kier alpha value is -1.67. The monoisotopic (exact) mass is 375 g/mol. The molecule has 0 radical (unpaired) electrons. The van der Waals surface area contributed by atoms with Crippen molar-refractivity contribution in [2.24, 2.45) is 11.3 Å². The molecule has 2 heterocycles. The number of pyridine rings is 1. The van der Waals surface area contributed by atoms with Gasteiger partial charge in [-0.25, -0.2) is 4.98 Å². The third-order valence-electron chi connectivity index (χ3n) is 6.78. The molecule has 1 atom stereocenters. The molecule has 0 amide bonds. The van der Waals surface area contributed by atoms with Crippen LogP contribution in [-0.4, -0.2) is 4.98 Å². The summed E-state index contributed by atoms with van der Waals surface area (Å²) in [6.07, 6.45) is 7.38. The maximum Gasteiger partial charge on any atom is 0.124 e. The van der Waals surface area contributed by atoms with Crippen molar-refractivity contribution in [3.8, 4) is 11.1 Å². The van der Waals surface area contributed by atoms with Gasteiger partial charge in [-0.1, -0.05) is 50.6 Å². The molecule has 0 spiro atoms. The van der Waals surface area contributed by atoms with E-state index in [4.69, 9.17) is 4.98 Å². The van der Waals surface area contributed by atoms with Gasteiger partial charge in [0.1, 0.15) is 4.83 Å². The van der Waals surface area contributed by atoms with Gasteiger partial charge >= 0.3 is 0 Å². The normalized spacial score (nSPS) is 19.3. The lowest BCUT2D eigenvalue weighted by Gasteiger charge is -2.35. The lowest BCUT2D eigenvalue weighted by Crippen LogP contribution is -2.27. The van der Waals surface area contributed by atoms with E-state index in [1.165, 1.54) is 64.7 Å². The molecule has 0 fully saturated rings. The van der Waals surface area contributed by atoms with Gasteiger partial charge in [-0.15, -0.1) is 11.3 Å². The smallest absolute Gasteiger partial charge is 0.124 e. The fourth-order valence-electron chi connectivity index (χ4n) is 5.08. The van der Waals surface area contributed by atoms with Crippen molar-refractivity contribution >= 4 is 21.6 Å². The average molecular weight is 376 g/mol. The molecule has 1 aromatic carbocycles. The summed E-state index contributed by atoms with van der Waals surface area (Å²) < 4.78 is 0. The number of thiophene rings is 1. The number of rotatable bonds is 1. The fourth-order valence-corrected chi connectivity index (χ4v) is 6.37. The van der Waals surface area contributed by atoms with Crippen molar-refractivity contribution in [2.45, 2.75) is 66.2 Å². The van der Waals surface area contributed by atoms with Gasteiger partial charge in [0.2, 0.25) is 0 Å². The molecule has 0 bridgehead atoms. The number of fused-ring (bicyclic) bond motifs is 4. The van der Waals surface area contributed by atoms with Crippen molar-refractivity contribution in [1.29, 1.82) is 0 Å². The van der Waals surface area contributed by atoms with Crippen LogP contribution in [0.3, 0.4) is 0 Å². The van der Waals surface area contributed by atoms with Gasteiger partial charge in [0.15, 0.2) is 0 Å². The molecule has 0 saturated carbocycles. The van der Waals surface area contributed by atoms with Crippen LogP contribution in [0, 0.1) is 18.3 Å². The predicted octanol–water partition coefficient (Wildman–Crippen LogP) is 6.91. The van der Waals surface area contributed by atoms with E-state index in [9.17, 15) is 0 Å². The number of hydrogen-bond acceptors (Lipinski definition) is 2. The maximum absolute atomic E-state index is 5.22. The van der Waals surface area contributed by atoms with Gasteiger partial charge in [-0.2, -0.15) is 0 Å². The fraction of sp³-hybridized carbons (Fsp3) is 0.480. The van der Waals surface area contributed by atoms with Gasteiger partial charge in [-0.05, 0) is 79.0 Å². The summed E-state index contributed by atoms with van der Waals surface area (Å²) in [5.41, 5.74) is 9.13. The van der Waals surface area contributed by atoms with E-state index in [1.54, 1.807) is 16.0 Å². The van der Waals surface area contributed by atoms with Crippen molar-refractivity contribution < 1.29 is 0 Å². The van der Waals surface area contributed by atoms with E-state index in [0.29, 0.717) is 5.41 Å². The molecule has 140 valence electrons. The molecule has 2 aromatic heterocycles. The summed E-state index contributed by atoms with van der Waals surface area (Å²) >= 11 is 1.97. The molecule has 2 aliphatic carbocycles. The lowest BCUT2D eigenvalue weighted by molar-refractivity contribution is 0.215. The Morgan fingerprint density at radius 3 is 2.52 bits per heavy atom. The SMILES string of the molecule is Cc1ccc(-c2c3c(nc4sc5c(c24)CCC5)CC[C@H](C(C)(C)C)C3)cc1. The Kier molecular flexibility index (Phi) is 3.98. The van der Waals surface area contributed by atoms with Gasteiger partial charge in [0.25, 0.3) is 0 Å². The highest BCUT2D eigenvalue weighted by molar-refractivity contribution is 7.19. The van der Waals surface area contributed by atoms with Crippen molar-refractivity contribution in [3.63, 3.8) is 0 Å². The highest BCUT2D eigenvalue weighted by atomic mass is 32.1. The van der Waals surface area contributed by atoms with E-state index in [0.717, 1.165) is 12.3 Å². The first kappa shape index (κ1) is 17.4. The third-order valence-corrected chi connectivity index (χ3v) is 7.97. The minimum Gasteiger partial charge on any atom is -0.242 e. The molecule has 0 N–H and O–H groups in total. The van der Waals surface area contributed by atoms with Crippen LogP contribution in [0.15, 0.2) is 24.3 Å². The van der Waals surface area contributed by atoms with Crippen LogP contribution >= 0.6 is 11.3 Å². The standard InChI is InChI=1S/C25H29NS/c1-15-8-10-16(11-9-15)22-19-14-17(25(2,3)4)12-13-20(19)26-24-23(22)18-6-5-7-21(18)27-24/h8-11,17H,5-7,12-14H2,1-4H3/t17-/m0/s1. The number of hydrogen-bond donors (Lipinski definition) is 0. The average Bonchev–Trinajstić information content (AvgIpc) is 3.20. The van der Waals surface area contributed by atoms with Crippen LogP contribution in [0.25, 0.3) is 21.3 Å². The molecule has 0 unspecified atom stereocenters. The van der Waals surface area contributed by atoms with Crippen LogP contribution in [0.1, 0.15) is 60.9 Å². The summed E-state index contributed by atoms with van der Waals surface area (Å²) in [6, 6.07) is 9.21. The number of nitrogens with zero attached hydrogens (tertiary/aromatic N) is 1. The largest absolute Gasteiger partial charge is 0.242 e. The second kappa shape index (κ2) is 6.17. The lowest BCUT2D eigenvalue weighted by atomic mass is 9.70. The summed E-state index contributed by atoms with van der Waals surface area (Å²) in [7, 11) is 0. The third kappa shape index (κ3) is 2.84. The van der Waals surface area contributed by atoms with Crippen LogP contribution in [-0.2, 0) is 25.7 Å². The first-order valence-corrected chi connectivity index (χ1v) is 11.3. The molecule has 27 heavy (non-hydrogen) atoms. The zero-order valence-corrected chi connectivity index (χ0v) is 17.8.